The number of carbonyl (C=O) groups excluding carboxylic acids is 2. The van der Waals surface area contributed by atoms with E-state index < -0.39 is 18.1 Å². The van der Waals surface area contributed by atoms with E-state index in [2.05, 4.69) is 21.6 Å². The molecule has 0 fully saturated rings. The highest BCUT2D eigenvalue weighted by molar-refractivity contribution is 6.16. The van der Waals surface area contributed by atoms with Crippen molar-refractivity contribution in [3.05, 3.63) is 29.3 Å². The Labute approximate surface area is 107 Å². The van der Waals surface area contributed by atoms with Gasteiger partial charge in [-0.25, -0.2) is 5.43 Å². The number of rotatable bonds is 3. The number of hydrazone groups is 1. The van der Waals surface area contributed by atoms with Crippen LogP contribution in [0, 0.1) is 0 Å². The van der Waals surface area contributed by atoms with E-state index in [1.165, 1.54) is 12.1 Å². The number of aromatic carboxylic acids is 1. The highest BCUT2D eigenvalue weighted by Crippen LogP contribution is 2.28. The molecule has 2 rings (SSSR count). The van der Waals surface area contributed by atoms with E-state index in [-0.39, 0.29) is 23.5 Å². The van der Waals surface area contributed by atoms with Crippen LogP contribution in [0.2, 0.25) is 0 Å². The molecule has 1 aromatic carbocycles. The molecular formula is C11H12N4O4. The molecule has 8 nitrogen and oxygen atoms in total. The molecule has 0 unspecified atom stereocenters. The Kier molecular flexibility index (Phi) is 3.45. The van der Waals surface area contributed by atoms with Crippen molar-refractivity contribution in [2.24, 2.45) is 5.10 Å². The van der Waals surface area contributed by atoms with Gasteiger partial charge in [0, 0.05) is 11.1 Å². The standard InChI is InChI=1S/C11H12N4O4/c12-4-7(16)14-15-9-5-2-1-3-6(11(18)19)8(5)13-10(9)17/h1-3,10,13,17H,4,12H2,(H,14,16)(H,18,19)/b15-9-/t10-/m0/s1. The van der Waals surface area contributed by atoms with Gasteiger partial charge >= 0.3 is 0 Å². The number of nitrogens with zero attached hydrogens (tertiary/aromatic N) is 1. The summed E-state index contributed by atoms with van der Waals surface area (Å²) < 4.78 is 0. The van der Waals surface area contributed by atoms with Crippen LogP contribution >= 0.6 is 0 Å². The molecule has 0 saturated carbocycles. The number of aliphatic hydroxyl groups is 1. The van der Waals surface area contributed by atoms with E-state index in [1.54, 1.807) is 6.07 Å². The summed E-state index contributed by atoms with van der Waals surface area (Å²) in [7, 11) is 0. The Balaban J connectivity index is 2.39. The van der Waals surface area contributed by atoms with Gasteiger partial charge in [0.1, 0.15) is 5.71 Å². The van der Waals surface area contributed by atoms with Crippen LogP contribution in [0.25, 0.3) is 0 Å². The third kappa shape index (κ3) is 2.39. The maximum absolute atomic E-state index is 11.1. The summed E-state index contributed by atoms with van der Waals surface area (Å²) in [6, 6.07) is 4.44. The van der Waals surface area contributed by atoms with Crippen molar-refractivity contribution >= 4 is 23.3 Å². The number of fused-ring (bicyclic) bond motifs is 1. The van der Waals surface area contributed by atoms with Crippen LogP contribution in [-0.4, -0.2) is 35.5 Å². The normalized spacial score (nSPS) is 18.8. The second kappa shape index (κ2) is 5.04. The summed E-state index contributed by atoms with van der Waals surface area (Å²) in [4.78, 5) is 22.0. The second-order valence-electron chi connectivity index (χ2n) is 3.84. The van der Waals surface area contributed by atoms with Crippen LogP contribution in [0.3, 0.4) is 0 Å². The molecule has 1 aliphatic rings. The van der Waals surface area contributed by atoms with E-state index in [4.69, 9.17) is 0 Å². The lowest BCUT2D eigenvalue weighted by atomic mass is 10.1. The lowest BCUT2D eigenvalue weighted by Gasteiger charge is -2.08. The number of hydrogen-bond donors (Lipinski definition) is 4. The van der Waals surface area contributed by atoms with Crippen molar-refractivity contribution in [1.29, 1.82) is 0 Å². The molecule has 1 amide bonds. The molecule has 1 heterocycles. The fraction of sp³-hybridized carbons (Fsp3) is 0.182. The zero-order valence-electron chi connectivity index (χ0n) is 9.84. The van der Waals surface area contributed by atoms with Gasteiger partial charge < -0.3 is 26.1 Å². The number of quaternary nitrogens is 1. The molecule has 1 atom stereocenters. The number of para-hydroxylation sites is 1. The number of anilines is 1. The lowest BCUT2D eigenvalue weighted by molar-refractivity contribution is -0.355. The minimum atomic E-state index is -1.36. The minimum Gasteiger partial charge on any atom is -0.545 e. The fourth-order valence-electron chi connectivity index (χ4n) is 1.74. The molecule has 100 valence electrons. The van der Waals surface area contributed by atoms with Crippen molar-refractivity contribution in [2.75, 3.05) is 11.9 Å². The van der Waals surface area contributed by atoms with E-state index in [0.717, 1.165) is 0 Å². The predicted octanol–water partition coefficient (Wildman–Crippen LogP) is -3.14. The van der Waals surface area contributed by atoms with Crippen LogP contribution in [0.4, 0.5) is 5.69 Å². The molecule has 6 N–H and O–H groups in total. The monoisotopic (exact) mass is 264 g/mol. The van der Waals surface area contributed by atoms with Gasteiger partial charge in [0.25, 0.3) is 5.91 Å². The highest BCUT2D eigenvalue weighted by Gasteiger charge is 2.28. The van der Waals surface area contributed by atoms with E-state index in [0.29, 0.717) is 5.56 Å². The molecule has 0 aromatic heterocycles. The van der Waals surface area contributed by atoms with Crippen molar-refractivity contribution in [3.63, 3.8) is 0 Å². The predicted molar refractivity (Wildman–Crippen MR) is 62.8 cm³/mol. The first kappa shape index (κ1) is 13.0. The Morgan fingerprint density at radius 2 is 2.26 bits per heavy atom. The molecule has 1 aromatic rings. The Morgan fingerprint density at radius 3 is 2.89 bits per heavy atom. The Hall–Kier alpha value is -2.45. The Bertz CT molecular complexity index is 570. The van der Waals surface area contributed by atoms with Gasteiger partial charge in [-0.3, -0.25) is 4.79 Å². The first-order valence-electron chi connectivity index (χ1n) is 5.49. The summed E-state index contributed by atoms with van der Waals surface area (Å²) in [5.74, 6) is -1.77. The van der Waals surface area contributed by atoms with Crippen LogP contribution in [-0.2, 0) is 4.79 Å². The molecule has 8 heteroatoms. The highest BCUT2D eigenvalue weighted by atomic mass is 16.4. The molecular weight excluding hydrogens is 252 g/mol. The molecule has 0 aliphatic carbocycles. The zero-order chi connectivity index (χ0) is 14.0. The second-order valence-corrected chi connectivity index (χ2v) is 3.84. The van der Waals surface area contributed by atoms with Gasteiger partial charge in [-0.05, 0) is 0 Å². The van der Waals surface area contributed by atoms with Crippen molar-refractivity contribution < 1.29 is 25.5 Å². The Morgan fingerprint density at radius 1 is 1.53 bits per heavy atom. The zero-order valence-corrected chi connectivity index (χ0v) is 9.84. The molecule has 1 aliphatic heterocycles. The summed E-state index contributed by atoms with van der Waals surface area (Å²) in [6.07, 6.45) is -1.19. The third-order valence-corrected chi connectivity index (χ3v) is 2.63. The first-order chi connectivity index (χ1) is 9.04. The summed E-state index contributed by atoms with van der Waals surface area (Å²) in [6.45, 7) is 0.00620. The third-order valence-electron chi connectivity index (χ3n) is 2.63. The minimum absolute atomic E-state index is 0.00620. The number of carboxylic acid groups (broad SMARTS) is 1. The smallest absolute Gasteiger partial charge is 0.295 e. The number of carbonyl (C=O) groups is 2. The summed E-state index contributed by atoms with van der Waals surface area (Å²) >= 11 is 0. The van der Waals surface area contributed by atoms with Gasteiger partial charge in [-0.1, -0.05) is 18.2 Å². The number of aliphatic hydroxyl groups excluding tert-OH is 1. The maximum atomic E-state index is 11.1. The average molecular weight is 264 g/mol. The number of hydrogen-bond acceptors (Lipinski definition) is 6. The number of nitrogens with one attached hydrogen (secondary N) is 2. The molecule has 0 radical (unpaired) electrons. The molecule has 0 saturated heterocycles. The fourth-order valence-corrected chi connectivity index (χ4v) is 1.74. The topological polar surface area (TPSA) is 141 Å². The maximum Gasteiger partial charge on any atom is 0.295 e. The lowest BCUT2D eigenvalue weighted by Crippen LogP contribution is -2.56. The van der Waals surface area contributed by atoms with Crippen molar-refractivity contribution in [2.45, 2.75) is 6.23 Å². The molecule has 19 heavy (non-hydrogen) atoms. The van der Waals surface area contributed by atoms with Gasteiger partial charge in [0.15, 0.2) is 12.8 Å². The first-order valence-corrected chi connectivity index (χ1v) is 5.49. The SMILES string of the molecule is [NH3+]CC(=O)N/N=C1/c2cccc(C(=O)[O-])c2N[C@H]1O. The summed E-state index contributed by atoms with van der Waals surface area (Å²) in [5, 5.41) is 27.1. The number of carboxylic acids is 1. The quantitative estimate of drug-likeness (QED) is 0.427. The van der Waals surface area contributed by atoms with Gasteiger partial charge in [0.2, 0.25) is 0 Å². The average Bonchev–Trinajstić information content (AvgIpc) is 2.71. The van der Waals surface area contributed by atoms with Gasteiger partial charge in [-0.2, -0.15) is 5.10 Å². The van der Waals surface area contributed by atoms with Gasteiger partial charge in [0.05, 0.1) is 11.7 Å². The van der Waals surface area contributed by atoms with E-state index in [1.807, 2.05) is 0 Å². The van der Waals surface area contributed by atoms with Crippen molar-refractivity contribution in [3.8, 4) is 0 Å². The molecule has 0 spiro atoms. The summed E-state index contributed by atoms with van der Waals surface area (Å²) in [5.41, 5.74) is 6.29. The van der Waals surface area contributed by atoms with Crippen LogP contribution < -0.4 is 21.6 Å². The van der Waals surface area contributed by atoms with E-state index in [9.17, 15) is 19.8 Å². The van der Waals surface area contributed by atoms with Crippen molar-refractivity contribution in [1.82, 2.24) is 5.43 Å². The van der Waals surface area contributed by atoms with Gasteiger partial charge in [-0.15, -0.1) is 0 Å². The largest absolute Gasteiger partial charge is 0.545 e. The van der Waals surface area contributed by atoms with E-state index >= 15 is 0 Å². The number of benzene rings is 1. The number of amides is 1. The molecule has 0 bridgehead atoms. The van der Waals surface area contributed by atoms with Crippen LogP contribution in [0.5, 0.6) is 0 Å². The van der Waals surface area contributed by atoms with Crippen LogP contribution in [0.1, 0.15) is 15.9 Å². The van der Waals surface area contributed by atoms with Crippen LogP contribution in [0.15, 0.2) is 23.3 Å².